The number of rotatable bonds is 6. The third kappa shape index (κ3) is 3.98. The number of benzene rings is 3. The summed E-state index contributed by atoms with van der Waals surface area (Å²) < 4.78 is 46.8. The van der Waals surface area contributed by atoms with Gasteiger partial charge in [-0.15, -0.1) is 0 Å². The average molecular weight is 420 g/mol. The van der Waals surface area contributed by atoms with Crippen molar-refractivity contribution in [2.45, 2.75) is 17.9 Å². The Labute approximate surface area is 169 Å². The van der Waals surface area contributed by atoms with Crippen LogP contribution in [-0.2, 0) is 10.0 Å². The highest BCUT2D eigenvalue weighted by Crippen LogP contribution is 2.36. The van der Waals surface area contributed by atoms with Crippen molar-refractivity contribution in [1.82, 2.24) is 0 Å². The van der Waals surface area contributed by atoms with Crippen LogP contribution in [-0.4, -0.2) is 15.5 Å². The van der Waals surface area contributed by atoms with Gasteiger partial charge in [0, 0.05) is 0 Å². The lowest BCUT2D eigenvalue weighted by Gasteiger charge is -2.31. The first-order valence-electron chi connectivity index (χ1n) is 8.53. The lowest BCUT2D eigenvalue weighted by Crippen LogP contribution is -2.34. The summed E-state index contributed by atoms with van der Waals surface area (Å²) in [6.45, 7) is 1.74. The Morgan fingerprint density at radius 1 is 0.964 bits per heavy atom. The molecule has 0 radical (unpaired) electrons. The van der Waals surface area contributed by atoms with Crippen LogP contribution in [0.3, 0.4) is 0 Å². The summed E-state index contributed by atoms with van der Waals surface area (Å²) in [5.74, 6) is 0.217. The van der Waals surface area contributed by atoms with E-state index in [9.17, 15) is 12.8 Å². The molecule has 0 spiro atoms. The molecule has 3 aromatic carbocycles. The SMILES string of the molecule is COc1ccc(N([C@H](C)c2ccc(F)cc2)S(=O)(=O)c2ccccc2Cl)cc1. The number of sulfonamides is 1. The predicted molar refractivity (Wildman–Crippen MR) is 109 cm³/mol. The van der Waals surface area contributed by atoms with Crippen LogP contribution in [0.25, 0.3) is 0 Å². The molecule has 0 aliphatic carbocycles. The molecule has 0 heterocycles. The molecule has 0 amide bonds. The van der Waals surface area contributed by atoms with E-state index in [-0.39, 0.29) is 15.7 Å². The fourth-order valence-corrected chi connectivity index (χ4v) is 5.08. The van der Waals surface area contributed by atoms with Crippen LogP contribution in [0.15, 0.2) is 77.7 Å². The Morgan fingerprint density at radius 3 is 2.14 bits per heavy atom. The summed E-state index contributed by atoms with van der Waals surface area (Å²) in [7, 11) is -2.46. The van der Waals surface area contributed by atoms with Crippen LogP contribution in [0, 0.1) is 5.82 Å². The maximum atomic E-state index is 13.5. The topological polar surface area (TPSA) is 46.6 Å². The minimum absolute atomic E-state index is 0.00134. The quantitative estimate of drug-likeness (QED) is 0.534. The first kappa shape index (κ1) is 20.2. The number of hydrogen-bond donors (Lipinski definition) is 0. The van der Waals surface area contributed by atoms with E-state index in [4.69, 9.17) is 16.3 Å². The normalized spacial score (nSPS) is 12.4. The number of hydrogen-bond acceptors (Lipinski definition) is 3. The van der Waals surface area contributed by atoms with Crippen molar-refractivity contribution in [2.75, 3.05) is 11.4 Å². The summed E-state index contributed by atoms with van der Waals surface area (Å²) in [6.07, 6.45) is 0. The van der Waals surface area contributed by atoms with Gasteiger partial charge in [-0.25, -0.2) is 12.8 Å². The van der Waals surface area contributed by atoms with Gasteiger partial charge in [-0.05, 0) is 61.0 Å². The van der Waals surface area contributed by atoms with E-state index < -0.39 is 16.1 Å². The van der Waals surface area contributed by atoms with Crippen LogP contribution in [0.4, 0.5) is 10.1 Å². The monoisotopic (exact) mass is 419 g/mol. The Hall–Kier alpha value is -2.57. The van der Waals surface area contributed by atoms with Gasteiger partial charge in [-0.2, -0.15) is 0 Å². The van der Waals surface area contributed by atoms with E-state index in [0.717, 1.165) is 0 Å². The fraction of sp³-hybridized carbons (Fsp3) is 0.143. The molecule has 0 saturated carbocycles. The zero-order valence-electron chi connectivity index (χ0n) is 15.3. The van der Waals surface area contributed by atoms with Crippen molar-refractivity contribution in [2.24, 2.45) is 0 Å². The van der Waals surface area contributed by atoms with Crippen LogP contribution < -0.4 is 9.04 Å². The van der Waals surface area contributed by atoms with Gasteiger partial charge in [0.05, 0.1) is 23.9 Å². The lowest BCUT2D eigenvalue weighted by molar-refractivity contribution is 0.415. The molecule has 0 fully saturated rings. The number of halogens is 2. The number of methoxy groups -OCH3 is 1. The molecule has 0 aliphatic heterocycles. The maximum Gasteiger partial charge on any atom is 0.266 e. The van der Waals surface area contributed by atoms with Crippen LogP contribution in [0.2, 0.25) is 5.02 Å². The second-order valence-corrected chi connectivity index (χ2v) is 8.35. The van der Waals surface area contributed by atoms with Gasteiger partial charge in [-0.1, -0.05) is 35.9 Å². The molecule has 0 bridgehead atoms. The van der Waals surface area contributed by atoms with Gasteiger partial charge in [0.1, 0.15) is 16.5 Å². The number of ether oxygens (including phenoxy) is 1. The molecule has 3 aromatic rings. The zero-order valence-corrected chi connectivity index (χ0v) is 16.9. The van der Waals surface area contributed by atoms with E-state index in [0.29, 0.717) is 17.0 Å². The Kier molecular flexibility index (Phi) is 5.91. The Bertz CT molecular complexity index is 1050. The molecule has 146 valence electrons. The minimum Gasteiger partial charge on any atom is -0.497 e. The highest BCUT2D eigenvalue weighted by atomic mass is 35.5. The smallest absolute Gasteiger partial charge is 0.266 e. The van der Waals surface area contributed by atoms with E-state index in [1.165, 1.54) is 35.7 Å². The molecule has 0 aromatic heterocycles. The molecule has 0 aliphatic rings. The second kappa shape index (κ2) is 8.20. The molecule has 28 heavy (non-hydrogen) atoms. The fourth-order valence-electron chi connectivity index (χ4n) is 2.94. The zero-order chi connectivity index (χ0) is 20.3. The van der Waals surface area contributed by atoms with Gasteiger partial charge in [-0.3, -0.25) is 4.31 Å². The minimum atomic E-state index is -4.00. The maximum absolute atomic E-state index is 13.5. The first-order valence-corrected chi connectivity index (χ1v) is 10.3. The van der Waals surface area contributed by atoms with Gasteiger partial charge in [0.15, 0.2) is 0 Å². The number of anilines is 1. The Balaban J connectivity index is 2.15. The van der Waals surface area contributed by atoms with E-state index in [1.807, 2.05) is 0 Å². The average Bonchev–Trinajstić information content (AvgIpc) is 2.69. The molecule has 1 atom stereocenters. The number of nitrogens with zero attached hydrogens (tertiary/aromatic N) is 1. The molecular formula is C21H19ClFNO3S. The van der Waals surface area contributed by atoms with Gasteiger partial charge < -0.3 is 4.74 Å². The summed E-state index contributed by atoms with van der Waals surface area (Å²) in [4.78, 5) is 0.00134. The summed E-state index contributed by atoms with van der Waals surface area (Å²) in [6, 6.07) is 18.1. The third-order valence-corrected chi connectivity index (χ3v) is 6.80. The van der Waals surface area contributed by atoms with Crippen molar-refractivity contribution >= 4 is 27.3 Å². The van der Waals surface area contributed by atoms with E-state index in [2.05, 4.69) is 0 Å². The van der Waals surface area contributed by atoms with Crippen molar-refractivity contribution in [3.8, 4) is 5.75 Å². The molecule has 4 nitrogen and oxygen atoms in total. The summed E-state index contributed by atoms with van der Waals surface area (Å²) in [5, 5.41) is 0.132. The van der Waals surface area contributed by atoms with Crippen molar-refractivity contribution in [1.29, 1.82) is 0 Å². The molecule has 3 rings (SSSR count). The van der Waals surface area contributed by atoms with Gasteiger partial charge in [0.2, 0.25) is 0 Å². The largest absolute Gasteiger partial charge is 0.497 e. The molecule has 7 heteroatoms. The van der Waals surface area contributed by atoms with Crippen LogP contribution >= 0.6 is 11.6 Å². The van der Waals surface area contributed by atoms with Crippen molar-refractivity contribution < 1.29 is 17.5 Å². The molecule has 0 unspecified atom stereocenters. The highest BCUT2D eigenvalue weighted by molar-refractivity contribution is 7.93. The first-order chi connectivity index (χ1) is 13.3. The summed E-state index contributed by atoms with van der Waals surface area (Å²) >= 11 is 6.18. The van der Waals surface area contributed by atoms with Gasteiger partial charge >= 0.3 is 0 Å². The standard InChI is InChI=1S/C21H19ClFNO3S/c1-15(16-7-9-17(23)10-8-16)24(18-11-13-19(27-2)14-12-18)28(25,26)21-6-4-3-5-20(21)22/h3-15H,1-2H3/t15-/m1/s1. The summed E-state index contributed by atoms with van der Waals surface area (Å²) in [5.41, 5.74) is 1.09. The van der Waals surface area contributed by atoms with Crippen molar-refractivity contribution in [3.05, 3.63) is 89.2 Å². The molecule has 0 saturated heterocycles. The molecule has 0 N–H and O–H groups in total. The van der Waals surface area contributed by atoms with Crippen molar-refractivity contribution in [3.63, 3.8) is 0 Å². The van der Waals surface area contributed by atoms with Crippen LogP contribution in [0.1, 0.15) is 18.5 Å². The van der Waals surface area contributed by atoms with Gasteiger partial charge in [0.25, 0.3) is 10.0 Å². The second-order valence-electron chi connectivity index (χ2n) is 6.16. The van der Waals surface area contributed by atoms with E-state index >= 15 is 0 Å². The Morgan fingerprint density at radius 2 is 1.57 bits per heavy atom. The molecular weight excluding hydrogens is 401 g/mol. The highest BCUT2D eigenvalue weighted by Gasteiger charge is 2.32. The van der Waals surface area contributed by atoms with Crippen LogP contribution in [0.5, 0.6) is 5.75 Å². The third-order valence-electron chi connectivity index (χ3n) is 4.40. The predicted octanol–water partition coefficient (Wildman–Crippen LogP) is 5.44. The van der Waals surface area contributed by atoms with E-state index in [1.54, 1.807) is 55.5 Å². The lowest BCUT2D eigenvalue weighted by atomic mass is 10.1.